The highest BCUT2D eigenvalue weighted by Gasteiger charge is 2.38. The van der Waals surface area contributed by atoms with Crippen molar-refractivity contribution >= 4 is 12.4 Å². The number of unbranched alkanes of at least 4 members (excludes halogenated alkanes) is 3. The first kappa shape index (κ1) is 28.9. The molecule has 202 valence electrons. The van der Waals surface area contributed by atoms with Crippen molar-refractivity contribution in [3.05, 3.63) is 89.0 Å². The molecule has 1 saturated carbocycles. The number of carbonyl (C=O) groups excluding carboxylic acids is 1. The van der Waals surface area contributed by atoms with Crippen LogP contribution in [0.3, 0.4) is 0 Å². The Morgan fingerprint density at radius 2 is 1.68 bits per heavy atom. The molecule has 0 heterocycles. The summed E-state index contributed by atoms with van der Waals surface area (Å²) in [5.74, 6) is 0.505. The van der Waals surface area contributed by atoms with Crippen LogP contribution in [-0.2, 0) is 4.79 Å². The van der Waals surface area contributed by atoms with Crippen molar-refractivity contribution in [2.45, 2.75) is 71.6 Å². The molecule has 0 bridgehead atoms. The van der Waals surface area contributed by atoms with E-state index < -0.39 is 6.23 Å². The Balaban J connectivity index is 0.00000127. The van der Waals surface area contributed by atoms with E-state index in [4.69, 9.17) is 14.6 Å². The molecule has 3 aromatic carbocycles. The molecule has 1 aliphatic rings. The molecule has 1 unspecified atom stereocenters. The maximum Gasteiger partial charge on any atom is 0.290 e. The summed E-state index contributed by atoms with van der Waals surface area (Å²) in [7, 11) is 0. The third-order valence-electron chi connectivity index (χ3n) is 6.94. The molecule has 38 heavy (non-hydrogen) atoms. The lowest BCUT2D eigenvalue weighted by atomic mass is 9.96. The summed E-state index contributed by atoms with van der Waals surface area (Å²) < 4.78 is 6.03. The van der Waals surface area contributed by atoms with E-state index in [2.05, 4.69) is 39.0 Å². The van der Waals surface area contributed by atoms with Gasteiger partial charge in [-0.3, -0.25) is 9.59 Å². The zero-order valence-corrected chi connectivity index (χ0v) is 22.6. The van der Waals surface area contributed by atoms with Crippen LogP contribution in [0.25, 0.3) is 11.1 Å². The van der Waals surface area contributed by atoms with E-state index in [1.54, 1.807) is 4.90 Å². The Morgan fingerprint density at radius 1 is 1.00 bits per heavy atom. The van der Waals surface area contributed by atoms with Gasteiger partial charge in [-0.05, 0) is 73.6 Å². The summed E-state index contributed by atoms with van der Waals surface area (Å²) in [5.41, 5.74) is 5.99. The normalized spacial score (nSPS) is 13.2. The second kappa shape index (κ2) is 14.3. The third kappa shape index (κ3) is 7.45. The molecule has 1 fully saturated rings. The largest absolute Gasteiger partial charge is 0.493 e. The summed E-state index contributed by atoms with van der Waals surface area (Å²) >= 11 is 0. The highest BCUT2D eigenvalue weighted by Crippen LogP contribution is 2.37. The van der Waals surface area contributed by atoms with Gasteiger partial charge in [-0.2, -0.15) is 0 Å². The van der Waals surface area contributed by atoms with Gasteiger partial charge in [0.25, 0.3) is 12.4 Å². The van der Waals surface area contributed by atoms with Gasteiger partial charge in [0.1, 0.15) is 5.75 Å². The van der Waals surface area contributed by atoms with Crippen molar-refractivity contribution in [3.63, 3.8) is 0 Å². The van der Waals surface area contributed by atoms with E-state index in [1.165, 1.54) is 29.5 Å². The number of hydrogen-bond acceptors (Lipinski definition) is 4. The lowest BCUT2D eigenvalue weighted by Gasteiger charge is -2.29. The average molecular weight is 518 g/mol. The fourth-order valence-electron chi connectivity index (χ4n) is 4.52. The van der Waals surface area contributed by atoms with E-state index in [0.717, 1.165) is 31.2 Å². The second-order valence-corrected chi connectivity index (χ2v) is 9.69. The van der Waals surface area contributed by atoms with Gasteiger partial charge in [-0.1, -0.05) is 74.7 Å². The van der Waals surface area contributed by atoms with Crippen LogP contribution < -0.4 is 4.74 Å². The van der Waals surface area contributed by atoms with Gasteiger partial charge in [0, 0.05) is 17.2 Å². The number of aliphatic hydroxyl groups excluding tert-OH is 1. The smallest absolute Gasteiger partial charge is 0.290 e. The summed E-state index contributed by atoms with van der Waals surface area (Å²) in [6, 6.07) is 21.6. The van der Waals surface area contributed by atoms with Crippen LogP contribution >= 0.6 is 0 Å². The molecule has 0 spiro atoms. The van der Waals surface area contributed by atoms with Crippen LogP contribution in [0.15, 0.2) is 66.7 Å². The zero-order valence-electron chi connectivity index (χ0n) is 22.6. The fourth-order valence-corrected chi connectivity index (χ4v) is 4.52. The molecule has 6 heteroatoms. The number of nitrogens with zero attached hydrogens (tertiary/aromatic N) is 1. The molecular formula is C32H39NO5. The Bertz CT molecular complexity index is 1190. The summed E-state index contributed by atoms with van der Waals surface area (Å²) in [6.45, 7) is 6.78. The van der Waals surface area contributed by atoms with E-state index >= 15 is 0 Å². The van der Waals surface area contributed by atoms with Crippen LogP contribution in [0.4, 0.5) is 0 Å². The van der Waals surface area contributed by atoms with Crippen molar-refractivity contribution in [1.29, 1.82) is 0 Å². The van der Waals surface area contributed by atoms with Crippen molar-refractivity contribution in [2.24, 2.45) is 0 Å². The van der Waals surface area contributed by atoms with Crippen LogP contribution in [0.5, 0.6) is 5.75 Å². The lowest BCUT2D eigenvalue weighted by molar-refractivity contribution is -0.122. The fraction of sp³-hybridized carbons (Fsp3) is 0.375. The first-order valence-corrected chi connectivity index (χ1v) is 13.4. The van der Waals surface area contributed by atoms with Crippen LogP contribution in [-0.4, -0.2) is 40.1 Å². The van der Waals surface area contributed by atoms with Crippen LogP contribution in [0.2, 0.25) is 0 Å². The van der Waals surface area contributed by atoms with Gasteiger partial charge < -0.3 is 19.8 Å². The Hall–Kier alpha value is -3.64. The number of aliphatic hydroxyl groups is 1. The summed E-state index contributed by atoms with van der Waals surface area (Å²) in [5, 5.41) is 18.3. The van der Waals surface area contributed by atoms with Crippen molar-refractivity contribution in [2.75, 3.05) is 6.61 Å². The molecular weight excluding hydrogens is 478 g/mol. The maximum atomic E-state index is 13.6. The van der Waals surface area contributed by atoms with Gasteiger partial charge in [-0.25, -0.2) is 0 Å². The monoisotopic (exact) mass is 517 g/mol. The predicted molar refractivity (Wildman–Crippen MR) is 150 cm³/mol. The zero-order chi connectivity index (χ0) is 27.5. The number of hydrogen-bond donors (Lipinski definition) is 2. The first-order valence-electron chi connectivity index (χ1n) is 13.4. The summed E-state index contributed by atoms with van der Waals surface area (Å²) in [6.07, 6.45) is 5.26. The Labute approximate surface area is 225 Å². The minimum atomic E-state index is -1.04. The van der Waals surface area contributed by atoms with Gasteiger partial charge in [0.05, 0.1) is 6.61 Å². The molecule has 2 N–H and O–H groups in total. The molecule has 0 aromatic heterocycles. The number of para-hydroxylation sites is 1. The molecule has 4 rings (SSSR count). The number of rotatable bonds is 11. The van der Waals surface area contributed by atoms with Gasteiger partial charge in [-0.15, -0.1) is 0 Å². The maximum absolute atomic E-state index is 13.6. The number of aryl methyl sites for hydroxylation is 1. The number of amides is 1. The molecule has 3 aromatic rings. The lowest BCUT2D eigenvalue weighted by Crippen LogP contribution is -2.37. The van der Waals surface area contributed by atoms with E-state index in [-0.39, 0.29) is 18.4 Å². The topological polar surface area (TPSA) is 87.1 Å². The quantitative estimate of drug-likeness (QED) is 0.164. The predicted octanol–water partition coefficient (Wildman–Crippen LogP) is 6.93. The van der Waals surface area contributed by atoms with E-state index in [1.807, 2.05) is 48.5 Å². The highest BCUT2D eigenvalue weighted by atomic mass is 16.5. The van der Waals surface area contributed by atoms with Crippen LogP contribution in [0, 0.1) is 13.8 Å². The van der Waals surface area contributed by atoms with Crippen molar-refractivity contribution < 1.29 is 24.5 Å². The van der Waals surface area contributed by atoms with E-state index in [0.29, 0.717) is 23.5 Å². The molecule has 1 amide bonds. The molecule has 1 aliphatic carbocycles. The van der Waals surface area contributed by atoms with Gasteiger partial charge in [0.15, 0.2) is 6.23 Å². The Kier molecular flexibility index (Phi) is 10.9. The molecule has 0 saturated heterocycles. The van der Waals surface area contributed by atoms with Gasteiger partial charge >= 0.3 is 0 Å². The van der Waals surface area contributed by atoms with E-state index in [9.17, 15) is 9.90 Å². The summed E-state index contributed by atoms with van der Waals surface area (Å²) in [4.78, 5) is 23.6. The highest BCUT2D eigenvalue weighted by molar-refractivity contribution is 5.95. The number of ether oxygens (including phenoxy) is 1. The third-order valence-corrected chi connectivity index (χ3v) is 6.94. The molecule has 6 nitrogen and oxygen atoms in total. The molecule has 0 aliphatic heterocycles. The standard InChI is InChI=1S/C31H37NO3.CH2O2/c1-4-5-6-9-21-35-29-14-8-7-12-28(29)31(34)32(26-19-20-26)30(33)25-17-15-24(16-18-25)27-13-10-11-22(2)23(27)3;2-1-3/h7-8,10-18,26,31,34H,4-6,9,19-21H2,1-3H3;1H,(H,2,3). The minimum absolute atomic E-state index is 0.0498. The number of benzene rings is 3. The van der Waals surface area contributed by atoms with Crippen molar-refractivity contribution in [3.8, 4) is 16.9 Å². The Morgan fingerprint density at radius 3 is 2.34 bits per heavy atom. The number of carboxylic acid groups (broad SMARTS) is 1. The minimum Gasteiger partial charge on any atom is -0.493 e. The average Bonchev–Trinajstić information content (AvgIpc) is 3.76. The van der Waals surface area contributed by atoms with Crippen molar-refractivity contribution in [1.82, 2.24) is 4.90 Å². The first-order chi connectivity index (χ1) is 18.4. The number of carbonyl (C=O) groups is 2. The van der Waals surface area contributed by atoms with Crippen LogP contribution in [0.1, 0.15) is 78.7 Å². The second-order valence-electron chi connectivity index (χ2n) is 9.69. The SMILES string of the molecule is CCCCCCOc1ccccc1C(O)N(C(=O)c1ccc(-c2cccc(C)c2C)cc1)C1CC1.O=CO. The molecule has 1 atom stereocenters. The van der Waals surface area contributed by atoms with Gasteiger partial charge in [0.2, 0.25) is 0 Å². The molecule has 0 radical (unpaired) electrons.